The first-order valence-corrected chi connectivity index (χ1v) is 7.11. The van der Waals surface area contributed by atoms with E-state index in [1.165, 1.54) is 16.7 Å². The summed E-state index contributed by atoms with van der Waals surface area (Å²) in [6.07, 6.45) is 8.04. The molecule has 1 rings (SSSR count). The van der Waals surface area contributed by atoms with Crippen LogP contribution < -0.4 is 5.32 Å². The van der Waals surface area contributed by atoms with Crippen LogP contribution in [-0.4, -0.2) is 49.2 Å². The molecule has 0 unspecified atom stereocenters. The van der Waals surface area contributed by atoms with Crippen molar-refractivity contribution in [1.29, 1.82) is 0 Å². The van der Waals surface area contributed by atoms with Crippen molar-refractivity contribution in [3.05, 3.63) is 12.4 Å². The first kappa shape index (κ1) is 14.7. The maximum atomic E-state index is 12.2. The average molecular weight is 270 g/mol. The second-order valence-corrected chi connectivity index (χ2v) is 5.62. The van der Waals surface area contributed by atoms with Crippen LogP contribution in [0.4, 0.5) is 0 Å². The van der Waals surface area contributed by atoms with E-state index in [9.17, 15) is 8.42 Å². The molecular formula is C11H18N4O2S. The molecule has 100 valence electrons. The van der Waals surface area contributed by atoms with Crippen LogP contribution >= 0.6 is 0 Å². The Morgan fingerprint density at radius 3 is 2.89 bits per heavy atom. The fraction of sp³-hybridized carbons (Fsp3) is 0.545. The number of hydrogen-bond acceptors (Lipinski definition) is 4. The molecule has 0 saturated heterocycles. The zero-order valence-electron chi connectivity index (χ0n) is 10.6. The van der Waals surface area contributed by atoms with Gasteiger partial charge in [-0.05, 0) is 7.05 Å². The Hall–Kier alpha value is -1.36. The molecule has 18 heavy (non-hydrogen) atoms. The molecule has 0 spiro atoms. The highest BCUT2D eigenvalue weighted by molar-refractivity contribution is 7.89. The summed E-state index contributed by atoms with van der Waals surface area (Å²) >= 11 is 0. The van der Waals surface area contributed by atoms with Gasteiger partial charge in [0, 0.05) is 19.3 Å². The van der Waals surface area contributed by atoms with Gasteiger partial charge in [0.05, 0.1) is 19.3 Å². The minimum Gasteiger partial charge on any atom is -0.318 e. The van der Waals surface area contributed by atoms with Crippen LogP contribution in [0.3, 0.4) is 0 Å². The van der Waals surface area contributed by atoms with Gasteiger partial charge >= 0.3 is 0 Å². The van der Waals surface area contributed by atoms with Crippen molar-refractivity contribution >= 4 is 10.0 Å². The quantitative estimate of drug-likeness (QED) is 0.694. The van der Waals surface area contributed by atoms with Gasteiger partial charge in [-0.3, -0.25) is 4.68 Å². The van der Waals surface area contributed by atoms with Crippen LogP contribution in [0.25, 0.3) is 0 Å². The fourth-order valence-corrected chi connectivity index (χ4v) is 2.76. The SMILES string of the molecule is C#CCN(CC)S(=O)(=O)c1cnn(CCNC)c1. The Morgan fingerprint density at radius 1 is 1.61 bits per heavy atom. The van der Waals surface area contributed by atoms with Gasteiger partial charge in [-0.25, -0.2) is 8.42 Å². The summed E-state index contributed by atoms with van der Waals surface area (Å²) in [4.78, 5) is 0.177. The minimum atomic E-state index is -3.53. The Bertz CT molecular complexity index is 515. The van der Waals surface area contributed by atoms with Gasteiger partial charge in [0.25, 0.3) is 0 Å². The van der Waals surface area contributed by atoms with E-state index in [0.29, 0.717) is 13.1 Å². The lowest BCUT2D eigenvalue weighted by molar-refractivity contribution is 0.464. The number of nitrogens with zero attached hydrogens (tertiary/aromatic N) is 3. The van der Waals surface area contributed by atoms with Crippen molar-refractivity contribution in [1.82, 2.24) is 19.4 Å². The maximum absolute atomic E-state index is 12.2. The molecule has 0 saturated carbocycles. The highest BCUT2D eigenvalue weighted by Crippen LogP contribution is 2.13. The number of rotatable bonds is 7. The fourth-order valence-electron chi connectivity index (χ4n) is 1.44. The van der Waals surface area contributed by atoms with E-state index in [0.717, 1.165) is 6.54 Å². The number of terminal acetylenes is 1. The van der Waals surface area contributed by atoms with Gasteiger partial charge in [-0.2, -0.15) is 9.40 Å². The number of sulfonamides is 1. The van der Waals surface area contributed by atoms with E-state index >= 15 is 0 Å². The molecule has 0 atom stereocenters. The van der Waals surface area contributed by atoms with Crippen molar-refractivity contribution in [3.63, 3.8) is 0 Å². The van der Waals surface area contributed by atoms with Gasteiger partial charge in [-0.15, -0.1) is 6.42 Å². The summed E-state index contributed by atoms with van der Waals surface area (Å²) in [5, 5.41) is 6.99. The summed E-state index contributed by atoms with van der Waals surface area (Å²) in [5.41, 5.74) is 0. The van der Waals surface area contributed by atoms with Crippen molar-refractivity contribution in [2.75, 3.05) is 26.7 Å². The smallest absolute Gasteiger partial charge is 0.247 e. The van der Waals surface area contributed by atoms with Crippen molar-refractivity contribution in [3.8, 4) is 12.3 Å². The molecular weight excluding hydrogens is 252 g/mol. The van der Waals surface area contributed by atoms with Crippen molar-refractivity contribution in [2.45, 2.75) is 18.4 Å². The van der Waals surface area contributed by atoms with E-state index in [-0.39, 0.29) is 11.4 Å². The number of aromatic nitrogens is 2. The molecule has 6 nitrogen and oxygen atoms in total. The number of nitrogens with one attached hydrogen (secondary N) is 1. The third-order valence-corrected chi connectivity index (χ3v) is 4.33. The largest absolute Gasteiger partial charge is 0.318 e. The molecule has 0 amide bonds. The van der Waals surface area contributed by atoms with E-state index in [4.69, 9.17) is 6.42 Å². The molecule has 0 aliphatic rings. The second-order valence-electron chi connectivity index (χ2n) is 3.68. The van der Waals surface area contributed by atoms with Gasteiger partial charge in [0.1, 0.15) is 4.90 Å². The summed E-state index contributed by atoms with van der Waals surface area (Å²) < 4.78 is 27.2. The minimum absolute atomic E-state index is 0.0700. The Kier molecular flexibility index (Phi) is 5.34. The standard InChI is InChI=1S/C11H18N4O2S/c1-4-7-15(5-2)18(16,17)11-9-13-14(10-11)8-6-12-3/h1,9-10,12H,5-8H2,2-3H3. The predicted molar refractivity (Wildman–Crippen MR) is 69.4 cm³/mol. The van der Waals surface area contributed by atoms with Gasteiger partial charge < -0.3 is 5.32 Å². The molecule has 0 aromatic carbocycles. The van der Waals surface area contributed by atoms with E-state index in [1.807, 2.05) is 7.05 Å². The molecule has 0 fully saturated rings. The van der Waals surface area contributed by atoms with Gasteiger partial charge in [0.15, 0.2) is 0 Å². The summed E-state index contributed by atoms with van der Waals surface area (Å²) in [7, 11) is -1.70. The zero-order valence-corrected chi connectivity index (χ0v) is 11.4. The summed E-state index contributed by atoms with van der Waals surface area (Å²) in [6.45, 7) is 3.51. The van der Waals surface area contributed by atoms with Crippen LogP contribution in [0, 0.1) is 12.3 Å². The first-order chi connectivity index (χ1) is 8.56. The number of likely N-dealkylation sites (N-methyl/N-ethyl adjacent to an activating group) is 1. The van der Waals surface area contributed by atoms with Crippen LogP contribution in [-0.2, 0) is 16.6 Å². The maximum Gasteiger partial charge on any atom is 0.247 e. The summed E-state index contributed by atoms with van der Waals surface area (Å²) in [6, 6.07) is 0. The van der Waals surface area contributed by atoms with E-state index < -0.39 is 10.0 Å². The third-order valence-electron chi connectivity index (χ3n) is 2.46. The van der Waals surface area contributed by atoms with Crippen LogP contribution in [0.1, 0.15) is 6.92 Å². The molecule has 0 aliphatic heterocycles. The van der Waals surface area contributed by atoms with Crippen LogP contribution in [0.15, 0.2) is 17.3 Å². The molecule has 1 aromatic rings. The van der Waals surface area contributed by atoms with Crippen molar-refractivity contribution in [2.24, 2.45) is 0 Å². The molecule has 1 aromatic heterocycles. The molecule has 7 heteroatoms. The Balaban J connectivity index is 2.91. The highest BCUT2D eigenvalue weighted by atomic mass is 32.2. The van der Waals surface area contributed by atoms with Gasteiger partial charge in [-0.1, -0.05) is 12.8 Å². The lowest BCUT2D eigenvalue weighted by atomic mass is 10.6. The molecule has 1 N–H and O–H groups in total. The van der Waals surface area contributed by atoms with Gasteiger partial charge in [0.2, 0.25) is 10.0 Å². The molecule has 0 aliphatic carbocycles. The summed E-state index contributed by atoms with van der Waals surface area (Å²) in [5.74, 6) is 2.35. The molecule has 1 heterocycles. The lowest BCUT2D eigenvalue weighted by Gasteiger charge is -2.16. The highest BCUT2D eigenvalue weighted by Gasteiger charge is 2.23. The monoisotopic (exact) mass is 270 g/mol. The van der Waals surface area contributed by atoms with Crippen LogP contribution in [0.2, 0.25) is 0 Å². The lowest BCUT2D eigenvalue weighted by Crippen LogP contribution is -2.31. The average Bonchev–Trinajstić information content (AvgIpc) is 2.82. The topological polar surface area (TPSA) is 67.2 Å². The second kappa shape index (κ2) is 6.54. The predicted octanol–water partition coefficient (Wildman–Crippen LogP) is -0.254. The number of hydrogen-bond donors (Lipinski definition) is 1. The molecule has 0 bridgehead atoms. The Labute approximate surface area is 108 Å². The van der Waals surface area contributed by atoms with E-state index in [1.54, 1.807) is 11.6 Å². The van der Waals surface area contributed by atoms with E-state index in [2.05, 4.69) is 16.3 Å². The normalized spacial score (nSPS) is 11.7. The third kappa shape index (κ3) is 3.32. The first-order valence-electron chi connectivity index (χ1n) is 5.67. The Morgan fingerprint density at radius 2 is 2.33 bits per heavy atom. The van der Waals surface area contributed by atoms with Crippen molar-refractivity contribution < 1.29 is 8.42 Å². The van der Waals surface area contributed by atoms with Crippen LogP contribution in [0.5, 0.6) is 0 Å². The zero-order chi connectivity index (χ0) is 13.6. The molecule has 0 radical (unpaired) electrons.